The first kappa shape index (κ1) is 26.6. The van der Waals surface area contributed by atoms with E-state index in [9.17, 15) is 13.2 Å². The van der Waals surface area contributed by atoms with E-state index in [1.54, 1.807) is 29.7 Å². The van der Waals surface area contributed by atoms with E-state index < -0.39 is 15.9 Å². The summed E-state index contributed by atoms with van der Waals surface area (Å²) in [6, 6.07) is 6.86. The molecule has 10 heteroatoms. The average molecular weight is 547 g/mol. The lowest BCUT2D eigenvalue weighted by Crippen LogP contribution is -2.40. The molecule has 4 heterocycles. The summed E-state index contributed by atoms with van der Waals surface area (Å²) < 4.78 is 31.7. The zero-order chi connectivity index (χ0) is 26.2. The molecule has 0 aliphatic carbocycles. The first-order chi connectivity index (χ1) is 17.8. The van der Waals surface area contributed by atoms with Crippen LogP contribution in [0.1, 0.15) is 60.0 Å². The first-order valence-electron chi connectivity index (χ1n) is 13.3. The number of primary amides is 1. The number of hydrogen-bond donors (Lipinski definition) is 2. The van der Waals surface area contributed by atoms with Crippen molar-refractivity contribution in [3.63, 3.8) is 0 Å². The van der Waals surface area contributed by atoms with Crippen LogP contribution in [0, 0.1) is 5.92 Å². The molecule has 2 atom stereocenters. The number of amides is 1. The van der Waals surface area contributed by atoms with Crippen LogP contribution in [0.2, 0.25) is 0 Å². The molecule has 0 bridgehead atoms. The van der Waals surface area contributed by atoms with Gasteiger partial charge in [-0.05, 0) is 85.3 Å². The quantitative estimate of drug-likeness (QED) is 0.497. The molecule has 1 amide bonds. The summed E-state index contributed by atoms with van der Waals surface area (Å²) >= 11 is 1.70. The Morgan fingerprint density at radius 3 is 2.68 bits per heavy atom. The molecule has 202 valence electrons. The number of piperidine rings is 1. The number of anilines is 1. The monoisotopic (exact) mass is 546 g/mol. The Bertz CT molecular complexity index is 1240. The highest BCUT2D eigenvalue weighted by Crippen LogP contribution is 2.45. The van der Waals surface area contributed by atoms with Gasteiger partial charge in [0, 0.05) is 50.1 Å². The molecule has 2 aromatic rings. The standard InChI is InChI=1S/C27H38N4O4S2/c1-3-37(33,34)31-9-6-19(7-10-31)24-14-29-26-22(24)12-20(13-23(26)27(28)32)25-11-18(17-36-25)15-30-8-4-5-21(30)16-35-2/h11-13,17,19,21,24,29H,3-10,14-16H2,1-2H3,(H2,28,32)/t21-,24?/m0/s1. The van der Waals surface area contributed by atoms with E-state index in [1.165, 1.54) is 18.4 Å². The van der Waals surface area contributed by atoms with Crippen molar-refractivity contribution in [2.24, 2.45) is 11.7 Å². The minimum Gasteiger partial charge on any atom is -0.384 e. The summed E-state index contributed by atoms with van der Waals surface area (Å²) in [7, 11) is -1.39. The molecular formula is C27H38N4O4S2. The number of fused-ring (bicyclic) bond motifs is 1. The van der Waals surface area contributed by atoms with Crippen LogP contribution in [0.15, 0.2) is 23.6 Å². The fourth-order valence-corrected chi connectivity index (χ4v) is 8.33. The maximum atomic E-state index is 12.4. The number of nitrogens with zero attached hydrogens (tertiary/aromatic N) is 2. The van der Waals surface area contributed by atoms with E-state index in [2.05, 4.69) is 27.7 Å². The third kappa shape index (κ3) is 5.45. The number of nitrogens with two attached hydrogens (primary N) is 1. The summed E-state index contributed by atoms with van der Waals surface area (Å²) in [5.74, 6) is 0.314. The molecule has 0 saturated carbocycles. The normalized spacial score (nSPS) is 23.3. The van der Waals surface area contributed by atoms with Gasteiger partial charge in [0.2, 0.25) is 10.0 Å². The summed E-state index contributed by atoms with van der Waals surface area (Å²) in [6.07, 6.45) is 4.02. The molecule has 2 fully saturated rings. The number of methoxy groups -OCH3 is 1. The van der Waals surface area contributed by atoms with E-state index in [0.717, 1.165) is 60.8 Å². The second kappa shape index (κ2) is 11.0. The number of nitrogens with one attached hydrogen (secondary N) is 1. The van der Waals surface area contributed by atoms with E-state index in [1.807, 2.05) is 6.07 Å². The number of thiophene rings is 1. The van der Waals surface area contributed by atoms with Crippen LogP contribution in [0.25, 0.3) is 10.4 Å². The van der Waals surface area contributed by atoms with Gasteiger partial charge in [-0.15, -0.1) is 11.3 Å². The third-order valence-corrected chi connectivity index (χ3v) is 11.3. The number of sulfonamides is 1. The van der Waals surface area contributed by atoms with Crippen molar-refractivity contribution < 1.29 is 17.9 Å². The van der Waals surface area contributed by atoms with Crippen LogP contribution in [0.5, 0.6) is 0 Å². The molecule has 8 nitrogen and oxygen atoms in total. The molecule has 3 N–H and O–H groups in total. The van der Waals surface area contributed by atoms with Crippen molar-refractivity contribution in [3.8, 4) is 10.4 Å². The van der Waals surface area contributed by atoms with Crippen molar-refractivity contribution in [1.82, 2.24) is 9.21 Å². The Hall–Kier alpha value is -1.98. The highest BCUT2D eigenvalue weighted by atomic mass is 32.2. The van der Waals surface area contributed by atoms with Gasteiger partial charge in [-0.3, -0.25) is 9.69 Å². The molecule has 37 heavy (non-hydrogen) atoms. The van der Waals surface area contributed by atoms with Crippen LogP contribution in [0.3, 0.4) is 0 Å². The maximum Gasteiger partial charge on any atom is 0.250 e. The largest absolute Gasteiger partial charge is 0.384 e. The summed E-state index contributed by atoms with van der Waals surface area (Å²) in [5.41, 5.74) is 10.7. The van der Waals surface area contributed by atoms with Gasteiger partial charge in [0.05, 0.1) is 23.6 Å². The number of carbonyl (C=O) groups excluding carboxylic acids is 1. The lowest BCUT2D eigenvalue weighted by molar-refractivity contribution is 0.100. The van der Waals surface area contributed by atoms with E-state index in [0.29, 0.717) is 30.6 Å². The average Bonchev–Trinajstić information content (AvgIpc) is 3.64. The molecule has 2 saturated heterocycles. The molecule has 0 radical (unpaired) electrons. The van der Waals surface area contributed by atoms with Crippen molar-refractivity contribution in [2.45, 2.75) is 51.1 Å². The maximum absolute atomic E-state index is 12.4. The van der Waals surface area contributed by atoms with Crippen molar-refractivity contribution in [1.29, 1.82) is 0 Å². The van der Waals surface area contributed by atoms with E-state index >= 15 is 0 Å². The van der Waals surface area contributed by atoms with Gasteiger partial charge in [-0.25, -0.2) is 12.7 Å². The lowest BCUT2D eigenvalue weighted by atomic mass is 9.80. The molecule has 3 aliphatic rings. The zero-order valence-corrected chi connectivity index (χ0v) is 23.4. The number of ether oxygens (including phenoxy) is 1. The highest BCUT2D eigenvalue weighted by molar-refractivity contribution is 7.89. The Morgan fingerprint density at radius 2 is 1.97 bits per heavy atom. The van der Waals surface area contributed by atoms with Crippen molar-refractivity contribution in [3.05, 3.63) is 40.3 Å². The van der Waals surface area contributed by atoms with Gasteiger partial charge in [0.15, 0.2) is 0 Å². The second-order valence-corrected chi connectivity index (χ2v) is 13.7. The minimum absolute atomic E-state index is 0.143. The van der Waals surface area contributed by atoms with Gasteiger partial charge in [0.1, 0.15) is 0 Å². The second-order valence-electron chi connectivity index (χ2n) is 10.5. The van der Waals surface area contributed by atoms with Crippen LogP contribution >= 0.6 is 11.3 Å². The molecule has 0 spiro atoms. The summed E-state index contributed by atoms with van der Waals surface area (Å²) in [4.78, 5) is 16.1. The van der Waals surface area contributed by atoms with Crippen LogP contribution < -0.4 is 11.1 Å². The Kier molecular flexibility index (Phi) is 7.93. The third-order valence-electron chi connectivity index (χ3n) is 8.34. The Labute approximate surface area is 224 Å². The van der Waals surface area contributed by atoms with Crippen molar-refractivity contribution in [2.75, 3.05) is 51.0 Å². The molecule has 1 aromatic carbocycles. The van der Waals surface area contributed by atoms with Gasteiger partial charge < -0.3 is 15.8 Å². The minimum atomic E-state index is -3.16. The number of rotatable bonds is 9. The Morgan fingerprint density at radius 1 is 1.19 bits per heavy atom. The highest BCUT2D eigenvalue weighted by Gasteiger charge is 2.36. The fourth-order valence-electron chi connectivity index (χ4n) is 6.30. The molecule has 3 aliphatic heterocycles. The summed E-state index contributed by atoms with van der Waals surface area (Å²) in [6.45, 7) is 6.33. The van der Waals surface area contributed by atoms with Gasteiger partial charge >= 0.3 is 0 Å². The topological polar surface area (TPSA) is 105 Å². The number of benzene rings is 1. The van der Waals surface area contributed by atoms with Crippen LogP contribution in [0.4, 0.5) is 5.69 Å². The number of likely N-dealkylation sites (tertiary alicyclic amines) is 1. The van der Waals surface area contributed by atoms with Gasteiger partial charge in [0.25, 0.3) is 5.91 Å². The van der Waals surface area contributed by atoms with Gasteiger partial charge in [-0.2, -0.15) is 0 Å². The smallest absolute Gasteiger partial charge is 0.250 e. The molecule has 1 aromatic heterocycles. The fraction of sp³-hybridized carbons (Fsp3) is 0.593. The van der Waals surface area contributed by atoms with Crippen LogP contribution in [-0.2, 0) is 21.3 Å². The van der Waals surface area contributed by atoms with E-state index in [-0.39, 0.29) is 11.7 Å². The predicted molar refractivity (Wildman–Crippen MR) is 149 cm³/mol. The SMILES string of the molecule is CCS(=O)(=O)N1CCC(C2CNc3c(C(N)=O)cc(-c4cc(CN5CCC[C@H]5COC)cs4)cc32)CC1. The zero-order valence-electron chi connectivity index (χ0n) is 21.7. The van der Waals surface area contributed by atoms with Crippen LogP contribution in [-0.4, -0.2) is 75.2 Å². The Balaban J connectivity index is 1.37. The molecule has 1 unspecified atom stereocenters. The first-order valence-corrected chi connectivity index (χ1v) is 15.8. The lowest BCUT2D eigenvalue weighted by Gasteiger charge is -2.34. The van der Waals surface area contributed by atoms with Gasteiger partial charge in [-0.1, -0.05) is 0 Å². The molecule has 5 rings (SSSR count). The van der Waals surface area contributed by atoms with E-state index in [4.69, 9.17) is 10.5 Å². The predicted octanol–water partition coefficient (Wildman–Crippen LogP) is 3.70. The number of hydrogen-bond acceptors (Lipinski definition) is 7. The van der Waals surface area contributed by atoms with Crippen molar-refractivity contribution >= 4 is 33.0 Å². The molecular weight excluding hydrogens is 508 g/mol. The number of carbonyl (C=O) groups is 1. The summed E-state index contributed by atoms with van der Waals surface area (Å²) in [5, 5.41) is 5.67.